The molecule has 5 heteroatoms. The van der Waals surface area contributed by atoms with E-state index in [4.69, 9.17) is 5.41 Å². The molecule has 0 saturated heterocycles. The summed E-state index contributed by atoms with van der Waals surface area (Å²) in [5, 5.41) is 18.4. The number of rotatable bonds is 5. The van der Waals surface area contributed by atoms with Gasteiger partial charge in [0.05, 0.1) is 4.88 Å². The van der Waals surface area contributed by atoms with Crippen molar-refractivity contribution in [1.29, 1.82) is 5.41 Å². The SMILES string of the molecule is CC(C)NC1CCC(c2c[nH]c3cc(NC(=N)c4cccs4)ccc23)CC1. The molecule has 27 heavy (non-hydrogen) atoms. The second-order valence-corrected chi connectivity index (χ2v) is 8.80. The third-order valence-corrected chi connectivity index (χ3v) is 6.37. The minimum Gasteiger partial charge on any atom is -0.361 e. The summed E-state index contributed by atoms with van der Waals surface area (Å²) in [4.78, 5) is 4.41. The van der Waals surface area contributed by atoms with Gasteiger partial charge in [-0.1, -0.05) is 26.0 Å². The molecule has 2 heterocycles. The Bertz CT molecular complexity index is 902. The van der Waals surface area contributed by atoms with E-state index in [-0.39, 0.29) is 0 Å². The number of anilines is 1. The van der Waals surface area contributed by atoms with Gasteiger partial charge in [0.2, 0.25) is 0 Å². The van der Waals surface area contributed by atoms with Gasteiger partial charge >= 0.3 is 0 Å². The molecule has 0 aliphatic heterocycles. The third-order valence-electron chi connectivity index (χ3n) is 5.49. The summed E-state index contributed by atoms with van der Waals surface area (Å²) >= 11 is 1.58. The Morgan fingerprint density at radius 2 is 2.00 bits per heavy atom. The first-order chi connectivity index (χ1) is 13.1. The number of H-pyrrole nitrogens is 1. The number of hydrogen-bond acceptors (Lipinski definition) is 3. The van der Waals surface area contributed by atoms with Crippen LogP contribution in [0.1, 0.15) is 55.9 Å². The molecule has 1 saturated carbocycles. The zero-order chi connectivity index (χ0) is 18.8. The molecule has 1 aliphatic rings. The summed E-state index contributed by atoms with van der Waals surface area (Å²) in [7, 11) is 0. The molecule has 0 bridgehead atoms. The predicted octanol–water partition coefficient (Wildman–Crippen LogP) is 5.69. The molecule has 0 spiro atoms. The maximum Gasteiger partial charge on any atom is 0.140 e. The molecule has 4 nitrogen and oxygen atoms in total. The monoisotopic (exact) mass is 380 g/mol. The largest absolute Gasteiger partial charge is 0.361 e. The summed E-state index contributed by atoms with van der Waals surface area (Å²) in [6.45, 7) is 4.46. The van der Waals surface area contributed by atoms with Crippen molar-refractivity contribution in [3.8, 4) is 0 Å². The van der Waals surface area contributed by atoms with Gasteiger partial charge in [-0.2, -0.15) is 0 Å². The Morgan fingerprint density at radius 1 is 1.19 bits per heavy atom. The number of nitrogens with one attached hydrogen (secondary N) is 4. The lowest BCUT2D eigenvalue weighted by Gasteiger charge is -2.30. The lowest BCUT2D eigenvalue weighted by Crippen LogP contribution is -2.37. The molecular formula is C22H28N4S. The van der Waals surface area contributed by atoms with Gasteiger partial charge in [0.1, 0.15) is 5.84 Å². The van der Waals surface area contributed by atoms with Crippen LogP contribution in [-0.4, -0.2) is 22.9 Å². The van der Waals surface area contributed by atoms with Crippen LogP contribution >= 0.6 is 11.3 Å². The molecule has 1 fully saturated rings. The zero-order valence-corrected chi connectivity index (χ0v) is 16.8. The summed E-state index contributed by atoms with van der Waals surface area (Å²) in [6, 6.07) is 11.6. The minimum absolute atomic E-state index is 0.451. The normalized spacial score (nSPS) is 20.3. The highest BCUT2D eigenvalue weighted by Gasteiger charge is 2.24. The van der Waals surface area contributed by atoms with Crippen LogP contribution < -0.4 is 10.6 Å². The fourth-order valence-electron chi connectivity index (χ4n) is 4.23. The number of hydrogen-bond donors (Lipinski definition) is 4. The third kappa shape index (κ3) is 4.09. The van der Waals surface area contributed by atoms with E-state index in [0.29, 0.717) is 23.8 Å². The predicted molar refractivity (Wildman–Crippen MR) is 116 cm³/mol. The molecule has 1 aliphatic carbocycles. The van der Waals surface area contributed by atoms with Crippen LogP contribution in [0.15, 0.2) is 41.9 Å². The van der Waals surface area contributed by atoms with Crippen LogP contribution in [0.5, 0.6) is 0 Å². The molecule has 0 unspecified atom stereocenters. The Hall–Kier alpha value is -2.11. The van der Waals surface area contributed by atoms with Crippen molar-refractivity contribution in [1.82, 2.24) is 10.3 Å². The van der Waals surface area contributed by atoms with Crippen LogP contribution in [-0.2, 0) is 0 Å². The van der Waals surface area contributed by atoms with E-state index in [0.717, 1.165) is 16.1 Å². The molecule has 2 aromatic heterocycles. The standard InChI is InChI=1S/C22H28N4S/c1-14(2)25-16-7-5-15(6-8-16)19-13-24-20-12-17(9-10-18(19)20)26-22(23)21-4-3-11-27-21/h3-4,9-16,24-25H,5-8H2,1-2H3,(H2,23,26). The number of benzene rings is 1. The fraction of sp³-hybridized carbons (Fsp3) is 0.409. The van der Waals surface area contributed by atoms with Crippen LogP contribution in [0.2, 0.25) is 0 Å². The van der Waals surface area contributed by atoms with Crippen molar-refractivity contribution in [2.24, 2.45) is 0 Å². The van der Waals surface area contributed by atoms with Crippen molar-refractivity contribution in [2.75, 3.05) is 5.32 Å². The number of aromatic nitrogens is 1. The smallest absolute Gasteiger partial charge is 0.140 e. The van der Waals surface area contributed by atoms with Gasteiger partial charge in [0.15, 0.2) is 0 Å². The molecule has 4 rings (SSSR count). The average molecular weight is 381 g/mol. The van der Waals surface area contributed by atoms with Crippen molar-refractivity contribution >= 4 is 33.8 Å². The summed E-state index contributed by atoms with van der Waals surface area (Å²) in [5.74, 6) is 1.10. The van der Waals surface area contributed by atoms with Crippen molar-refractivity contribution in [3.05, 3.63) is 52.3 Å². The first-order valence-corrected chi connectivity index (χ1v) is 10.7. The minimum atomic E-state index is 0.451. The van der Waals surface area contributed by atoms with E-state index in [1.54, 1.807) is 11.3 Å². The molecule has 1 aromatic carbocycles. The highest BCUT2D eigenvalue weighted by Crippen LogP contribution is 2.37. The quantitative estimate of drug-likeness (QED) is 0.339. The van der Waals surface area contributed by atoms with Crippen molar-refractivity contribution < 1.29 is 0 Å². The van der Waals surface area contributed by atoms with E-state index >= 15 is 0 Å². The Morgan fingerprint density at radius 3 is 2.70 bits per heavy atom. The van der Waals surface area contributed by atoms with Crippen LogP contribution in [0.4, 0.5) is 5.69 Å². The topological polar surface area (TPSA) is 63.7 Å². The van der Waals surface area contributed by atoms with Gasteiger partial charge < -0.3 is 15.6 Å². The Labute approximate surface area is 164 Å². The molecule has 142 valence electrons. The van der Waals surface area contributed by atoms with Crippen LogP contribution in [0, 0.1) is 5.41 Å². The number of thiophene rings is 1. The lowest BCUT2D eigenvalue weighted by molar-refractivity contribution is 0.327. The summed E-state index contributed by atoms with van der Waals surface area (Å²) < 4.78 is 0. The Kier molecular flexibility index (Phi) is 5.32. The van der Waals surface area contributed by atoms with Crippen molar-refractivity contribution in [2.45, 2.75) is 57.5 Å². The van der Waals surface area contributed by atoms with E-state index in [1.807, 2.05) is 17.5 Å². The van der Waals surface area contributed by atoms with Gasteiger partial charge in [-0.15, -0.1) is 11.3 Å². The summed E-state index contributed by atoms with van der Waals surface area (Å²) in [5.41, 5.74) is 3.56. The van der Waals surface area contributed by atoms with E-state index in [1.165, 1.54) is 36.6 Å². The number of amidine groups is 1. The molecular weight excluding hydrogens is 352 g/mol. The Balaban J connectivity index is 1.46. The first kappa shape index (κ1) is 18.3. The average Bonchev–Trinajstić information content (AvgIpc) is 3.31. The van der Waals surface area contributed by atoms with Gasteiger partial charge in [0, 0.05) is 34.9 Å². The molecule has 0 amide bonds. The van der Waals surface area contributed by atoms with E-state index in [9.17, 15) is 0 Å². The highest BCUT2D eigenvalue weighted by molar-refractivity contribution is 7.12. The number of fused-ring (bicyclic) bond motifs is 1. The molecule has 0 atom stereocenters. The van der Waals surface area contributed by atoms with Gasteiger partial charge in [0.25, 0.3) is 0 Å². The first-order valence-electron chi connectivity index (χ1n) is 9.86. The lowest BCUT2D eigenvalue weighted by atomic mass is 9.81. The fourth-order valence-corrected chi connectivity index (χ4v) is 4.86. The maximum absolute atomic E-state index is 8.21. The van der Waals surface area contributed by atoms with Gasteiger partial charge in [-0.25, -0.2) is 0 Å². The molecule has 3 aromatic rings. The van der Waals surface area contributed by atoms with Crippen molar-refractivity contribution in [3.63, 3.8) is 0 Å². The zero-order valence-electron chi connectivity index (χ0n) is 16.0. The summed E-state index contributed by atoms with van der Waals surface area (Å²) in [6.07, 6.45) is 7.21. The van der Waals surface area contributed by atoms with Crippen LogP contribution in [0.25, 0.3) is 10.9 Å². The maximum atomic E-state index is 8.21. The van der Waals surface area contributed by atoms with Gasteiger partial charge in [-0.3, -0.25) is 5.41 Å². The molecule has 4 N–H and O–H groups in total. The van der Waals surface area contributed by atoms with Crippen LogP contribution in [0.3, 0.4) is 0 Å². The van der Waals surface area contributed by atoms with E-state index in [2.05, 4.69) is 53.9 Å². The van der Waals surface area contributed by atoms with E-state index < -0.39 is 0 Å². The highest BCUT2D eigenvalue weighted by atomic mass is 32.1. The number of aromatic amines is 1. The van der Waals surface area contributed by atoms with Gasteiger partial charge in [-0.05, 0) is 60.7 Å². The second-order valence-electron chi connectivity index (χ2n) is 7.85. The second kappa shape index (κ2) is 7.87. The molecule has 0 radical (unpaired) electrons.